The van der Waals surface area contributed by atoms with Crippen LogP contribution in [0.25, 0.3) is 11.1 Å². The standard InChI is InChI=1S/C32H29ClN4O2S/c1-19-11-13-25(14-12-19)35-31(39)29-27-9-4-5-10-28(27)40-32(29)37-20(2)15-22(21(37)3)16-23(18-34)30(38)36-26-8-6-7-24(33)17-26/h6-8,11-17H,4-5,9-10H2,1-3H3,(H,35,39)(H,36,38)/b23-16-. The average molecular weight is 569 g/mol. The molecule has 1 aliphatic carbocycles. The summed E-state index contributed by atoms with van der Waals surface area (Å²) in [5.41, 5.74) is 6.71. The molecule has 2 aromatic heterocycles. The van der Waals surface area contributed by atoms with Crippen LogP contribution in [0.3, 0.4) is 0 Å². The van der Waals surface area contributed by atoms with Crippen LogP contribution in [0.2, 0.25) is 5.02 Å². The van der Waals surface area contributed by atoms with Gasteiger partial charge in [0.15, 0.2) is 0 Å². The summed E-state index contributed by atoms with van der Waals surface area (Å²) in [6.07, 6.45) is 5.59. The zero-order valence-corrected chi connectivity index (χ0v) is 24.2. The third-order valence-corrected chi connectivity index (χ3v) is 8.62. The molecule has 4 aromatic rings. The molecule has 6 nitrogen and oxygen atoms in total. The van der Waals surface area contributed by atoms with E-state index in [-0.39, 0.29) is 11.5 Å². The molecule has 2 N–H and O–H groups in total. The predicted molar refractivity (Wildman–Crippen MR) is 163 cm³/mol. The lowest BCUT2D eigenvalue weighted by Crippen LogP contribution is -2.17. The van der Waals surface area contributed by atoms with Gasteiger partial charge >= 0.3 is 0 Å². The van der Waals surface area contributed by atoms with Crippen LogP contribution in [-0.2, 0) is 17.6 Å². The number of aromatic nitrogens is 1. The molecule has 8 heteroatoms. The van der Waals surface area contributed by atoms with Crippen molar-refractivity contribution in [2.45, 2.75) is 46.5 Å². The summed E-state index contributed by atoms with van der Waals surface area (Å²) >= 11 is 7.69. The van der Waals surface area contributed by atoms with Gasteiger partial charge in [0, 0.05) is 32.7 Å². The van der Waals surface area contributed by atoms with Gasteiger partial charge in [-0.05, 0) is 100 Å². The molecule has 0 aliphatic heterocycles. The Hall–Kier alpha value is -4.12. The largest absolute Gasteiger partial charge is 0.322 e. The van der Waals surface area contributed by atoms with Gasteiger partial charge in [-0.15, -0.1) is 11.3 Å². The summed E-state index contributed by atoms with van der Waals surface area (Å²) in [6, 6.07) is 18.5. The topological polar surface area (TPSA) is 86.9 Å². The highest BCUT2D eigenvalue weighted by molar-refractivity contribution is 7.15. The fraction of sp³-hybridized carbons (Fsp3) is 0.219. The molecule has 202 valence electrons. The minimum Gasteiger partial charge on any atom is -0.322 e. The van der Waals surface area contributed by atoms with E-state index in [0.29, 0.717) is 16.3 Å². The smallest absolute Gasteiger partial charge is 0.266 e. The number of nitrogens with one attached hydrogen (secondary N) is 2. The Morgan fingerprint density at radius 3 is 2.48 bits per heavy atom. The van der Waals surface area contributed by atoms with Crippen molar-refractivity contribution in [3.05, 3.63) is 104 Å². The Kier molecular flexibility index (Phi) is 7.92. The lowest BCUT2D eigenvalue weighted by Gasteiger charge is -2.14. The number of halogens is 1. The maximum absolute atomic E-state index is 13.7. The molecule has 2 heterocycles. The number of hydrogen-bond donors (Lipinski definition) is 2. The van der Waals surface area contributed by atoms with Gasteiger partial charge in [0.05, 0.1) is 5.56 Å². The summed E-state index contributed by atoms with van der Waals surface area (Å²) < 4.78 is 2.07. The first kappa shape index (κ1) is 27.4. The Morgan fingerprint density at radius 2 is 1.75 bits per heavy atom. The molecule has 0 radical (unpaired) electrons. The summed E-state index contributed by atoms with van der Waals surface area (Å²) in [6.45, 7) is 5.94. The monoisotopic (exact) mass is 568 g/mol. The van der Waals surface area contributed by atoms with Crippen LogP contribution in [0.1, 0.15) is 56.2 Å². The molecule has 1 aliphatic rings. The molecule has 2 amide bonds. The first-order valence-electron chi connectivity index (χ1n) is 13.2. The molecular formula is C32H29ClN4O2S. The van der Waals surface area contributed by atoms with Gasteiger partial charge in [0.1, 0.15) is 16.6 Å². The third-order valence-electron chi connectivity index (χ3n) is 7.11. The van der Waals surface area contributed by atoms with Crippen molar-refractivity contribution in [1.29, 1.82) is 5.26 Å². The van der Waals surface area contributed by atoms with Gasteiger partial charge in [-0.2, -0.15) is 5.26 Å². The second-order valence-electron chi connectivity index (χ2n) is 10.0. The number of aryl methyl sites for hydroxylation is 3. The van der Waals surface area contributed by atoms with Crippen molar-refractivity contribution in [2.24, 2.45) is 0 Å². The molecule has 5 rings (SSSR count). The number of carbonyl (C=O) groups excluding carboxylic acids is 2. The van der Waals surface area contributed by atoms with Crippen molar-refractivity contribution in [3.8, 4) is 11.1 Å². The summed E-state index contributed by atoms with van der Waals surface area (Å²) in [5.74, 6) is -0.638. The fourth-order valence-electron chi connectivity index (χ4n) is 5.09. The maximum Gasteiger partial charge on any atom is 0.266 e. The van der Waals surface area contributed by atoms with Crippen molar-refractivity contribution in [1.82, 2.24) is 4.57 Å². The van der Waals surface area contributed by atoms with Crippen LogP contribution in [-0.4, -0.2) is 16.4 Å². The Labute approximate surface area is 242 Å². The summed E-state index contributed by atoms with van der Waals surface area (Å²) in [7, 11) is 0. The highest BCUT2D eigenvalue weighted by Crippen LogP contribution is 2.39. The highest BCUT2D eigenvalue weighted by Gasteiger charge is 2.28. The van der Waals surface area contributed by atoms with Crippen molar-refractivity contribution in [3.63, 3.8) is 0 Å². The Bertz CT molecular complexity index is 1690. The zero-order chi connectivity index (χ0) is 28.4. The minimum absolute atomic E-state index is 0.0250. The quantitative estimate of drug-likeness (QED) is 0.184. The van der Waals surface area contributed by atoms with E-state index in [1.165, 1.54) is 4.88 Å². The van der Waals surface area contributed by atoms with Crippen LogP contribution in [0.15, 0.2) is 60.2 Å². The number of benzene rings is 2. The number of fused-ring (bicyclic) bond motifs is 1. The van der Waals surface area contributed by atoms with E-state index in [9.17, 15) is 14.9 Å². The molecule has 0 fully saturated rings. The Balaban J connectivity index is 1.52. The molecule has 0 spiro atoms. The third kappa shape index (κ3) is 5.60. The number of thiophene rings is 1. The number of amides is 2. The predicted octanol–water partition coefficient (Wildman–Crippen LogP) is 7.79. The molecule has 0 saturated heterocycles. The maximum atomic E-state index is 13.7. The minimum atomic E-state index is -0.515. The van der Waals surface area contributed by atoms with Crippen molar-refractivity contribution in [2.75, 3.05) is 10.6 Å². The van der Waals surface area contributed by atoms with Crippen LogP contribution in [0.4, 0.5) is 11.4 Å². The van der Waals surface area contributed by atoms with Gasteiger partial charge < -0.3 is 15.2 Å². The molecule has 0 saturated carbocycles. The van der Waals surface area contributed by atoms with E-state index in [4.69, 9.17) is 11.6 Å². The normalized spacial score (nSPS) is 12.9. The summed E-state index contributed by atoms with van der Waals surface area (Å²) in [5, 5.41) is 17.0. The highest BCUT2D eigenvalue weighted by atomic mass is 35.5. The first-order valence-corrected chi connectivity index (χ1v) is 14.3. The van der Waals surface area contributed by atoms with E-state index >= 15 is 0 Å². The molecule has 0 atom stereocenters. The van der Waals surface area contributed by atoms with Crippen LogP contribution >= 0.6 is 22.9 Å². The lowest BCUT2D eigenvalue weighted by molar-refractivity contribution is -0.112. The molecular weight excluding hydrogens is 540 g/mol. The zero-order valence-electron chi connectivity index (χ0n) is 22.6. The lowest BCUT2D eigenvalue weighted by atomic mass is 9.95. The van der Waals surface area contributed by atoms with E-state index in [0.717, 1.165) is 64.4 Å². The van der Waals surface area contributed by atoms with E-state index in [1.807, 2.05) is 57.2 Å². The van der Waals surface area contributed by atoms with Crippen LogP contribution in [0.5, 0.6) is 0 Å². The van der Waals surface area contributed by atoms with Gasteiger partial charge in [0.25, 0.3) is 11.8 Å². The van der Waals surface area contributed by atoms with Crippen molar-refractivity contribution < 1.29 is 9.59 Å². The second kappa shape index (κ2) is 11.5. The average Bonchev–Trinajstić information content (AvgIpc) is 3.44. The number of carbonyl (C=O) groups is 2. The van der Waals surface area contributed by atoms with Crippen LogP contribution < -0.4 is 10.6 Å². The van der Waals surface area contributed by atoms with Crippen molar-refractivity contribution >= 4 is 52.2 Å². The molecule has 40 heavy (non-hydrogen) atoms. The fourth-order valence-corrected chi connectivity index (χ4v) is 6.78. The number of anilines is 2. The second-order valence-corrected chi connectivity index (χ2v) is 11.5. The van der Waals surface area contributed by atoms with E-state index < -0.39 is 5.91 Å². The molecule has 0 unspecified atom stereocenters. The number of hydrogen-bond acceptors (Lipinski definition) is 4. The van der Waals surface area contributed by atoms with E-state index in [2.05, 4.69) is 15.2 Å². The number of rotatable bonds is 6. The van der Waals surface area contributed by atoms with Crippen LogP contribution in [0, 0.1) is 32.1 Å². The van der Waals surface area contributed by atoms with Gasteiger partial charge in [-0.3, -0.25) is 9.59 Å². The van der Waals surface area contributed by atoms with Gasteiger partial charge in [-0.25, -0.2) is 0 Å². The van der Waals surface area contributed by atoms with Gasteiger partial charge in [0.2, 0.25) is 0 Å². The SMILES string of the molecule is Cc1ccc(NC(=O)c2c(-n3c(C)cc(/C=C(/C#N)C(=O)Nc4cccc(Cl)c4)c3C)sc3c2CCCC3)cc1. The Morgan fingerprint density at radius 1 is 1.00 bits per heavy atom. The molecule has 2 aromatic carbocycles. The molecule has 0 bridgehead atoms. The number of nitrogens with zero attached hydrogens (tertiary/aromatic N) is 2. The summed E-state index contributed by atoms with van der Waals surface area (Å²) in [4.78, 5) is 27.9. The first-order chi connectivity index (χ1) is 19.2. The number of nitriles is 1. The van der Waals surface area contributed by atoms with Gasteiger partial charge in [-0.1, -0.05) is 35.4 Å². The van der Waals surface area contributed by atoms with E-state index in [1.54, 1.807) is 41.7 Å².